The van der Waals surface area contributed by atoms with E-state index in [0.29, 0.717) is 13.1 Å². The summed E-state index contributed by atoms with van der Waals surface area (Å²) in [7, 11) is 1.66. The Hall–Kier alpha value is -3.94. The van der Waals surface area contributed by atoms with E-state index in [9.17, 15) is 4.79 Å². The predicted molar refractivity (Wildman–Crippen MR) is 145 cm³/mol. The van der Waals surface area contributed by atoms with Crippen molar-refractivity contribution in [3.05, 3.63) is 71.5 Å². The average Bonchev–Trinajstić information content (AvgIpc) is 3.30. The van der Waals surface area contributed by atoms with Gasteiger partial charge in [-0.25, -0.2) is 4.68 Å². The summed E-state index contributed by atoms with van der Waals surface area (Å²) >= 11 is 0. The first-order valence-electron chi connectivity index (χ1n) is 12.9. The Morgan fingerprint density at radius 1 is 1.11 bits per heavy atom. The number of aromatic nitrogens is 4. The Morgan fingerprint density at radius 2 is 1.86 bits per heavy atom. The molecule has 1 aliphatic heterocycles. The number of carbonyl (C=O) groups excluding carboxylic acids is 1. The maximum Gasteiger partial charge on any atom is 0.224 e. The van der Waals surface area contributed by atoms with Crippen LogP contribution in [0.2, 0.25) is 0 Å². The van der Waals surface area contributed by atoms with E-state index < -0.39 is 0 Å². The summed E-state index contributed by atoms with van der Waals surface area (Å²) in [4.78, 5) is 15.3. The minimum Gasteiger partial charge on any atom is -0.497 e. The molecule has 192 valence electrons. The standard InChI is InChI=1S/C29H34N6O2/c1-19(22-9-6-5-7-10-22)17-30-29(36)23-11-8-16-34(18-23)28-27-26(20(2)31-32-28)21(3)35(33-27)24-12-14-25(37-4)15-13-24/h5-7,9-10,12-15,19,23H,8,11,16-18H2,1-4H3,(H,30,36)/t19-,23-/m0/s1. The molecule has 1 fully saturated rings. The van der Waals surface area contributed by atoms with Crippen molar-refractivity contribution >= 4 is 22.6 Å². The first-order chi connectivity index (χ1) is 18.0. The number of anilines is 1. The molecular weight excluding hydrogens is 464 g/mol. The summed E-state index contributed by atoms with van der Waals surface area (Å²) in [6, 6.07) is 18.1. The quantitative estimate of drug-likeness (QED) is 0.402. The van der Waals surface area contributed by atoms with E-state index in [2.05, 4.69) is 46.4 Å². The lowest BCUT2D eigenvalue weighted by Crippen LogP contribution is -2.44. The molecule has 1 saturated heterocycles. The molecule has 0 radical (unpaired) electrons. The second-order valence-corrected chi connectivity index (χ2v) is 9.87. The van der Waals surface area contributed by atoms with Crippen molar-refractivity contribution in [2.24, 2.45) is 5.92 Å². The van der Waals surface area contributed by atoms with Crippen LogP contribution in [0.5, 0.6) is 5.75 Å². The number of nitrogens with zero attached hydrogens (tertiary/aromatic N) is 5. The van der Waals surface area contributed by atoms with Gasteiger partial charge in [-0.2, -0.15) is 10.2 Å². The van der Waals surface area contributed by atoms with E-state index in [1.54, 1.807) is 7.11 Å². The minimum atomic E-state index is -0.0975. The lowest BCUT2D eigenvalue weighted by molar-refractivity contribution is -0.125. The van der Waals surface area contributed by atoms with E-state index >= 15 is 0 Å². The third-order valence-corrected chi connectivity index (χ3v) is 7.34. The number of amides is 1. The summed E-state index contributed by atoms with van der Waals surface area (Å²) in [5.41, 5.74) is 4.85. The third-order valence-electron chi connectivity index (χ3n) is 7.34. The second kappa shape index (κ2) is 10.6. The highest BCUT2D eigenvalue weighted by Gasteiger charge is 2.29. The monoisotopic (exact) mass is 498 g/mol. The topological polar surface area (TPSA) is 85.2 Å². The van der Waals surface area contributed by atoms with Crippen LogP contribution in [0.1, 0.15) is 42.6 Å². The zero-order valence-electron chi connectivity index (χ0n) is 21.9. The first kappa shape index (κ1) is 24.7. The SMILES string of the molecule is COc1ccc(-n2nc3c(N4CCC[C@H](C(=O)NC[C@H](C)c5ccccc5)C4)nnc(C)c3c2C)cc1. The van der Waals surface area contributed by atoms with Crippen LogP contribution in [0.25, 0.3) is 16.6 Å². The van der Waals surface area contributed by atoms with Crippen molar-refractivity contribution in [1.29, 1.82) is 0 Å². The van der Waals surface area contributed by atoms with Crippen LogP contribution < -0.4 is 15.0 Å². The number of hydrogen-bond donors (Lipinski definition) is 1. The number of nitrogens with one attached hydrogen (secondary N) is 1. The normalized spacial score (nSPS) is 16.5. The minimum absolute atomic E-state index is 0.0975. The number of carbonyl (C=O) groups is 1. The maximum absolute atomic E-state index is 13.1. The van der Waals surface area contributed by atoms with Crippen LogP contribution in [0.4, 0.5) is 5.82 Å². The number of piperidine rings is 1. The number of benzene rings is 2. The maximum atomic E-state index is 13.1. The Morgan fingerprint density at radius 3 is 2.59 bits per heavy atom. The van der Waals surface area contributed by atoms with Gasteiger partial charge in [0, 0.05) is 19.6 Å². The number of methoxy groups -OCH3 is 1. The largest absolute Gasteiger partial charge is 0.497 e. The van der Waals surface area contributed by atoms with Gasteiger partial charge in [0.2, 0.25) is 5.91 Å². The molecule has 4 aromatic rings. The molecule has 0 saturated carbocycles. The molecule has 2 atom stereocenters. The summed E-state index contributed by atoms with van der Waals surface area (Å²) in [5.74, 6) is 1.81. The number of fused-ring (bicyclic) bond motifs is 1. The fraction of sp³-hybridized carbons (Fsp3) is 0.379. The van der Waals surface area contributed by atoms with Crippen LogP contribution in [0.3, 0.4) is 0 Å². The van der Waals surface area contributed by atoms with Crippen LogP contribution in [-0.2, 0) is 4.79 Å². The number of ether oxygens (including phenoxy) is 1. The zero-order valence-corrected chi connectivity index (χ0v) is 21.9. The van der Waals surface area contributed by atoms with Crippen LogP contribution >= 0.6 is 0 Å². The molecule has 37 heavy (non-hydrogen) atoms. The smallest absolute Gasteiger partial charge is 0.224 e. The third kappa shape index (κ3) is 5.01. The fourth-order valence-electron chi connectivity index (χ4n) is 5.18. The Balaban J connectivity index is 1.36. The van der Waals surface area contributed by atoms with Gasteiger partial charge in [-0.1, -0.05) is 37.3 Å². The average molecular weight is 499 g/mol. The molecule has 0 spiro atoms. The van der Waals surface area contributed by atoms with Gasteiger partial charge in [0.25, 0.3) is 0 Å². The zero-order chi connectivity index (χ0) is 25.9. The van der Waals surface area contributed by atoms with Crippen molar-refractivity contribution in [1.82, 2.24) is 25.3 Å². The lowest BCUT2D eigenvalue weighted by Gasteiger charge is -2.32. The molecule has 2 aromatic heterocycles. The van der Waals surface area contributed by atoms with Crippen LogP contribution in [0.15, 0.2) is 54.6 Å². The second-order valence-electron chi connectivity index (χ2n) is 9.87. The van der Waals surface area contributed by atoms with Gasteiger partial charge in [0.1, 0.15) is 11.3 Å². The summed E-state index contributed by atoms with van der Waals surface area (Å²) in [6.45, 7) is 8.21. The Kier molecular flexibility index (Phi) is 7.08. The molecular formula is C29H34N6O2. The van der Waals surface area contributed by atoms with Gasteiger partial charge in [-0.3, -0.25) is 4.79 Å². The van der Waals surface area contributed by atoms with E-state index in [1.165, 1.54) is 5.56 Å². The van der Waals surface area contributed by atoms with E-state index in [1.807, 2.05) is 54.1 Å². The fourth-order valence-corrected chi connectivity index (χ4v) is 5.18. The van der Waals surface area contributed by atoms with E-state index in [0.717, 1.165) is 58.9 Å². The van der Waals surface area contributed by atoms with Gasteiger partial charge in [0.05, 0.1) is 35.5 Å². The van der Waals surface area contributed by atoms with Crippen molar-refractivity contribution in [2.75, 3.05) is 31.6 Å². The first-order valence-corrected chi connectivity index (χ1v) is 12.9. The summed E-state index contributed by atoms with van der Waals surface area (Å²) in [5, 5.41) is 18.2. The number of aryl methyl sites for hydroxylation is 2. The Bertz CT molecular complexity index is 1380. The van der Waals surface area contributed by atoms with E-state index in [-0.39, 0.29) is 17.7 Å². The van der Waals surface area contributed by atoms with Crippen LogP contribution in [0, 0.1) is 19.8 Å². The molecule has 1 aliphatic rings. The highest BCUT2D eigenvalue weighted by atomic mass is 16.5. The highest BCUT2D eigenvalue weighted by molar-refractivity contribution is 5.92. The molecule has 8 nitrogen and oxygen atoms in total. The lowest BCUT2D eigenvalue weighted by atomic mass is 9.96. The highest BCUT2D eigenvalue weighted by Crippen LogP contribution is 2.32. The van der Waals surface area contributed by atoms with Gasteiger partial charge in [-0.15, -0.1) is 5.10 Å². The molecule has 0 bridgehead atoms. The van der Waals surface area contributed by atoms with Gasteiger partial charge < -0.3 is 15.0 Å². The van der Waals surface area contributed by atoms with Gasteiger partial charge in [-0.05, 0) is 62.4 Å². The van der Waals surface area contributed by atoms with Crippen molar-refractivity contribution in [2.45, 2.75) is 39.5 Å². The van der Waals surface area contributed by atoms with Crippen molar-refractivity contribution in [3.8, 4) is 11.4 Å². The predicted octanol–water partition coefficient (Wildman–Crippen LogP) is 4.58. The van der Waals surface area contributed by atoms with Gasteiger partial charge >= 0.3 is 0 Å². The Labute approximate surface area is 217 Å². The molecule has 2 aromatic carbocycles. The van der Waals surface area contributed by atoms with Gasteiger partial charge in [0.15, 0.2) is 5.82 Å². The van der Waals surface area contributed by atoms with Crippen LogP contribution in [-0.4, -0.2) is 52.6 Å². The molecule has 0 aliphatic carbocycles. The number of rotatable bonds is 7. The van der Waals surface area contributed by atoms with E-state index in [4.69, 9.17) is 9.84 Å². The molecule has 3 heterocycles. The molecule has 0 unspecified atom stereocenters. The molecule has 8 heteroatoms. The molecule has 5 rings (SSSR count). The van der Waals surface area contributed by atoms with Crippen molar-refractivity contribution in [3.63, 3.8) is 0 Å². The summed E-state index contributed by atoms with van der Waals surface area (Å²) < 4.78 is 7.24. The molecule has 1 N–H and O–H groups in total. The molecule has 1 amide bonds. The summed E-state index contributed by atoms with van der Waals surface area (Å²) in [6.07, 6.45) is 1.78. The number of hydrogen-bond acceptors (Lipinski definition) is 6. The van der Waals surface area contributed by atoms with Crippen molar-refractivity contribution < 1.29 is 9.53 Å².